The average Bonchev–Trinajstić information content (AvgIpc) is 2.14. The number of nitrogens with two attached hydrogens (primary N) is 1. The van der Waals surface area contributed by atoms with Crippen LogP contribution >= 0.6 is 0 Å². The lowest BCUT2D eigenvalue weighted by atomic mass is 10.1. The summed E-state index contributed by atoms with van der Waals surface area (Å²) < 4.78 is 12.6. The molecule has 0 saturated carbocycles. The van der Waals surface area contributed by atoms with Gasteiger partial charge in [-0.3, -0.25) is 4.79 Å². The zero-order valence-corrected chi connectivity index (χ0v) is 8.74. The summed E-state index contributed by atoms with van der Waals surface area (Å²) in [5.41, 5.74) is 6.34. The summed E-state index contributed by atoms with van der Waals surface area (Å²) in [7, 11) is 0. The fourth-order valence-electron chi connectivity index (χ4n) is 0.999. The summed E-state index contributed by atoms with van der Waals surface area (Å²) in [6.45, 7) is 1.75. The minimum absolute atomic E-state index is 0.167. The highest BCUT2D eigenvalue weighted by Crippen LogP contribution is 2.05. The van der Waals surface area contributed by atoms with Crippen molar-refractivity contribution in [2.24, 2.45) is 5.73 Å². The summed E-state index contributed by atoms with van der Waals surface area (Å²) in [6, 6.07) is 6.64. The smallest absolute Gasteiger partial charge is 0.300 e. The molecule has 0 bridgehead atoms. The van der Waals surface area contributed by atoms with Crippen molar-refractivity contribution in [3.05, 3.63) is 35.6 Å². The number of rotatable bonds is 3. The highest BCUT2D eigenvalue weighted by atomic mass is 19.1. The van der Waals surface area contributed by atoms with Gasteiger partial charge in [-0.15, -0.1) is 0 Å². The quantitative estimate of drug-likeness (QED) is 0.804. The number of carbonyl (C=O) groups is 1. The van der Waals surface area contributed by atoms with E-state index >= 15 is 0 Å². The van der Waals surface area contributed by atoms with Gasteiger partial charge in [-0.05, 0) is 37.1 Å². The molecule has 4 heteroatoms. The van der Waals surface area contributed by atoms with Gasteiger partial charge in [0.15, 0.2) is 0 Å². The fraction of sp³-hybridized carbons (Fsp3) is 0.364. The Morgan fingerprint density at radius 1 is 1.53 bits per heavy atom. The van der Waals surface area contributed by atoms with E-state index in [9.17, 15) is 4.39 Å². The fourth-order valence-corrected chi connectivity index (χ4v) is 0.999. The summed E-state index contributed by atoms with van der Waals surface area (Å²) >= 11 is 0. The van der Waals surface area contributed by atoms with Crippen molar-refractivity contribution in [3.63, 3.8) is 0 Å². The standard InChI is InChI=1S/C9H12FN.C2H4O2/c10-9-5-1-3-8(7-9)4-2-6-11;1-2(3)4/h1,3,5,7H,2,4,6,11H2;1H3,(H,3,4). The van der Waals surface area contributed by atoms with Crippen LogP contribution in [-0.2, 0) is 11.2 Å². The number of halogens is 1. The Hall–Kier alpha value is -1.42. The Labute approximate surface area is 88.7 Å². The lowest BCUT2D eigenvalue weighted by Crippen LogP contribution is -2.00. The maximum Gasteiger partial charge on any atom is 0.300 e. The Balaban J connectivity index is 0.000000423. The molecule has 0 heterocycles. The van der Waals surface area contributed by atoms with Crippen LogP contribution < -0.4 is 5.73 Å². The topological polar surface area (TPSA) is 63.3 Å². The van der Waals surface area contributed by atoms with Crippen molar-refractivity contribution in [2.45, 2.75) is 19.8 Å². The third-order valence-electron chi connectivity index (χ3n) is 1.56. The van der Waals surface area contributed by atoms with Gasteiger partial charge in [0.05, 0.1) is 0 Å². The van der Waals surface area contributed by atoms with Crippen LogP contribution in [0.3, 0.4) is 0 Å². The lowest BCUT2D eigenvalue weighted by Gasteiger charge is -1.98. The Morgan fingerprint density at radius 2 is 2.13 bits per heavy atom. The first-order chi connectivity index (χ1) is 7.06. The van der Waals surface area contributed by atoms with E-state index < -0.39 is 5.97 Å². The van der Waals surface area contributed by atoms with Gasteiger partial charge in [-0.2, -0.15) is 0 Å². The third-order valence-corrected chi connectivity index (χ3v) is 1.56. The molecule has 0 aromatic heterocycles. The molecule has 0 amide bonds. The number of aryl methyl sites for hydroxylation is 1. The minimum Gasteiger partial charge on any atom is -0.481 e. The number of aliphatic carboxylic acids is 1. The lowest BCUT2D eigenvalue weighted by molar-refractivity contribution is -0.134. The molecule has 0 aliphatic heterocycles. The molecular formula is C11H16FNO2. The van der Waals surface area contributed by atoms with Crippen LogP contribution in [0.2, 0.25) is 0 Å². The van der Waals surface area contributed by atoms with Crippen molar-refractivity contribution in [3.8, 4) is 0 Å². The molecule has 3 N–H and O–H groups in total. The van der Waals surface area contributed by atoms with Crippen LogP contribution in [-0.4, -0.2) is 17.6 Å². The van der Waals surface area contributed by atoms with E-state index in [1.54, 1.807) is 12.1 Å². The van der Waals surface area contributed by atoms with Crippen molar-refractivity contribution in [1.29, 1.82) is 0 Å². The van der Waals surface area contributed by atoms with Crippen LogP contribution in [0.5, 0.6) is 0 Å². The second-order valence-electron chi connectivity index (χ2n) is 3.04. The Bertz CT molecular complexity index is 298. The molecule has 3 nitrogen and oxygen atoms in total. The zero-order chi connectivity index (χ0) is 11.7. The maximum absolute atomic E-state index is 12.6. The molecule has 0 unspecified atom stereocenters. The molecule has 84 valence electrons. The van der Waals surface area contributed by atoms with Gasteiger partial charge < -0.3 is 10.8 Å². The number of benzene rings is 1. The van der Waals surface area contributed by atoms with E-state index in [1.807, 2.05) is 6.07 Å². The largest absolute Gasteiger partial charge is 0.481 e. The summed E-state index contributed by atoms with van der Waals surface area (Å²) in [4.78, 5) is 9.00. The van der Waals surface area contributed by atoms with E-state index in [4.69, 9.17) is 15.6 Å². The number of carboxylic acids is 1. The highest BCUT2D eigenvalue weighted by Gasteiger charge is 1.93. The van der Waals surface area contributed by atoms with Crippen molar-refractivity contribution >= 4 is 5.97 Å². The molecular weight excluding hydrogens is 197 g/mol. The predicted molar refractivity (Wildman–Crippen MR) is 57.1 cm³/mol. The van der Waals surface area contributed by atoms with Gasteiger partial charge >= 0.3 is 0 Å². The molecule has 1 aromatic rings. The zero-order valence-electron chi connectivity index (χ0n) is 8.74. The van der Waals surface area contributed by atoms with Crippen molar-refractivity contribution in [1.82, 2.24) is 0 Å². The monoisotopic (exact) mass is 213 g/mol. The SMILES string of the molecule is CC(=O)O.NCCCc1cccc(F)c1. The highest BCUT2D eigenvalue weighted by molar-refractivity contribution is 5.62. The van der Waals surface area contributed by atoms with Gasteiger partial charge in [0.25, 0.3) is 5.97 Å². The van der Waals surface area contributed by atoms with Gasteiger partial charge in [0.2, 0.25) is 0 Å². The Kier molecular flexibility index (Phi) is 7.18. The van der Waals surface area contributed by atoms with Crippen LogP contribution in [0, 0.1) is 5.82 Å². The summed E-state index contributed by atoms with van der Waals surface area (Å²) in [6.07, 6.45) is 1.79. The van der Waals surface area contributed by atoms with E-state index in [1.165, 1.54) is 6.07 Å². The molecule has 0 fully saturated rings. The Morgan fingerprint density at radius 3 is 2.60 bits per heavy atom. The third kappa shape index (κ3) is 8.90. The first-order valence-corrected chi connectivity index (χ1v) is 4.70. The van der Waals surface area contributed by atoms with Gasteiger partial charge in [0.1, 0.15) is 5.82 Å². The predicted octanol–water partition coefficient (Wildman–Crippen LogP) is 1.81. The maximum atomic E-state index is 12.6. The van der Waals surface area contributed by atoms with Gasteiger partial charge in [-0.1, -0.05) is 12.1 Å². The van der Waals surface area contributed by atoms with Gasteiger partial charge in [-0.25, -0.2) is 4.39 Å². The molecule has 1 rings (SSSR count). The first kappa shape index (κ1) is 13.6. The summed E-state index contributed by atoms with van der Waals surface area (Å²) in [5.74, 6) is -1.00. The molecule has 0 aliphatic rings. The van der Waals surface area contributed by atoms with E-state index in [0.29, 0.717) is 6.54 Å². The molecule has 0 saturated heterocycles. The number of hydrogen-bond acceptors (Lipinski definition) is 2. The first-order valence-electron chi connectivity index (χ1n) is 4.70. The molecule has 15 heavy (non-hydrogen) atoms. The van der Waals surface area contributed by atoms with Crippen LogP contribution in [0.25, 0.3) is 0 Å². The van der Waals surface area contributed by atoms with Crippen molar-refractivity contribution in [2.75, 3.05) is 6.54 Å². The second-order valence-corrected chi connectivity index (χ2v) is 3.04. The number of carboxylic acid groups (broad SMARTS) is 1. The van der Waals surface area contributed by atoms with Crippen LogP contribution in [0.4, 0.5) is 4.39 Å². The molecule has 0 spiro atoms. The van der Waals surface area contributed by atoms with E-state index in [0.717, 1.165) is 25.3 Å². The molecule has 0 aliphatic carbocycles. The average molecular weight is 213 g/mol. The van der Waals surface area contributed by atoms with Crippen molar-refractivity contribution < 1.29 is 14.3 Å². The van der Waals surface area contributed by atoms with Crippen LogP contribution in [0.1, 0.15) is 18.9 Å². The molecule has 0 radical (unpaired) electrons. The normalized spacial score (nSPS) is 9.00. The van der Waals surface area contributed by atoms with E-state index in [-0.39, 0.29) is 5.82 Å². The second kappa shape index (κ2) is 7.94. The minimum atomic E-state index is -0.833. The summed E-state index contributed by atoms with van der Waals surface area (Å²) in [5, 5.41) is 7.42. The number of hydrogen-bond donors (Lipinski definition) is 2. The van der Waals surface area contributed by atoms with Crippen LogP contribution in [0.15, 0.2) is 24.3 Å². The molecule has 0 atom stereocenters. The molecule has 1 aromatic carbocycles. The van der Waals surface area contributed by atoms with E-state index in [2.05, 4.69) is 0 Å². The van der Waals surface area contributed by atoms with Gasteiger partial charge in [0, 0.05) is 6.92 Å².